The standard InChI is InChI=1S/C13H16N2S3/c1-8-6-17-13(15-8)5-10(14)12-4-9-7-16-3-2-11(9)18-12/h4,6,10H,2-3,5,7,14H2,1H3. The van der Waals surface area contributed by atoms with Gasteiger partial charge in [0.05, 0.1) is 5.01 Å². The van der Waals surface area contributed by atoms with Crippen molar-refractivity contribution in [2.75, 3.05) is 5.75 Å². The number of aryl methyl sites for hydroxylation is 2. The molecule has 0 bridgehead atoms. The van der Waals surface area contributed by atoms with Gasteiger partial charge in [0.2, 0.25) is 0 Å². The van der Waals surface area contributed by atoms with Gasteiger partial charge in [-0.15, -0.1) is 22.7 Å². The third kappa shape index (κ3) is 2.64. The van der Waals surface area contributed by atoms with Gasteiger partial charge >= 0.3 is 0 Å². The Hall–Kier alpha value is -0.360. The van der Waals surface area contributed by atoms with Crippen molar-refractivity contribution in [3.8, 4) is 0 Å². The monoisotopic (exact) mass is 296 g/mol. The summed E-state index contributed by atoms with van der Waals surface area (Å²) in [7, 11) is 0. The van der Waals surface area contributed by atoms with Gasteiger partial charge in [0.1, 0.15) is 0 Å². The summed E-state index contributed by atoms with van der Waals surface area (Å²) < 4.78 is 0. The van der Waals surface area contributed by atoms with Crippen LogP contribution < -0.4 is 5.73 Å². The van der Waals surface area contributed by atoms with Crippen LogP contribution in [0, 0.1) is 6.92 Å². The lowest BCUT2D eigenvalue weighted by atomic mass is 10.1. The van der Waals surface area contributed by atoms with Crippen LogP contribution in [-0.4, -0.2) is 10.7 Å². The highest BCUT2D eigenvalue weighted by atomic mass is 32.2. The van der Waals surface area contributed by atoms with Gasteiger partial charge < -0.3 is 5.73 Å². The summed E-state index contributed by atoms with van der Waals surface area (Å²) in [4.78, 5) is 7.38. The van der Waals surface area contributed by atoms with Crippen LogP contribution in [0.25, 0.3) is 0 Å². The van der Waals surface area contributed by atoms with E-state index in [1.54, 1.807) is 16.2 Å². The normalized spacial score (nSPS) is 16.6. The Morgan fingerprint density at radius 1 is 1.50 bits per heavy atom. The number of nitrogens with zero attached hydrogens (tertiary/aromatic N) is 1. The van der Waals surface area contributed by atoms with Gasteiger partial charge in [-0.1, -0.05) is 0 Å². The molecule has 5 heteroatoms. The lowest BCUT2D eigenvalue weighted by Gasteiger charge is -2.08. The van der Waals surface area contributed by atoms with E-state index >= 15 is 0 Å². The predicted molar refractivity (Wildman–Crippen MR) is 81.7 cm³/mol. The van der Waals surface area contributed by atoms with Gasteiger partial charge in [-0.25, -0.2) is 4.98 Å². The van der Waals surface area contributed by atoms with Crippen molar-refractivity contribution in [1.29, 1.82) is 0 Å². The highest BCUT2D eigenvalue weighted by molar-refractivity contribution is 7.98. The number of thiophene rings is 1. The minimum absolute atomic E-state index is 0.108. The number of thiazole rings is 1. The molecule has 1 aliphatic rings. The van der Waals surface area contributed by atoms with Crippen molar-refractivity contribution in [3.63, 3.8) is 0 Å². The molecule has 3 heterocycles. The molecule has 1 atom stereocenters. The maximum atomic E-state index is 6.32. The smallest absolute Gasteiger partial charge is 0.0947 e. The van der Waals surface area contributed by atoms with Crippen LogP contribution in [0.15, 0.2) is 11.4 Å². The van der Waals surface area contributed by atoms with Crippen molar-refractivity contribution in [3.05, 3.63) is 37.5 Å². The van der Waals surface area contributed by atoms with Crippen LogP contribution >= 0.6 is 34.4 Å². The Balaban J connectivity index is 1.75. The summed E-state index contributed by atoms with van der Waals surface area (Å²) >= 11 is 5.65. The summed E-state index contributed by atoms with van der Waals surface area (Å²) in [6.07, 6.45) is 2.08. The fourth-order valence-electron chi connectivity index (χ4n) is 2.14. The molecule has 2 nitrogen and oxygen atoms in total. The van der Waals surface area contributed by atoms with E-state index in [0.29, 0.717) is 0 Å². The average Bonchev–Trinajstić information content (AvgIpc) is 2.95. The Kier molecular flexibility index (Phi) is 3.75. The summed E-state index contributed by atoms with van der Waals surface area (Å²) in [6.45, 7) is 2.03. The van der Waals surface area contributed by atoms with Gasteiger partial charge in [-0.2, -0.15) is 11.8 Å². The van der Waals surface area contributed by atoms with E-state index in [4.69, 9.17) is 5.73 Å². The van der Waals surface area contributed by atoms with E-state index in [2.05, 4.69) is 16.4 Å². The molecule has 1 unspecified atom stereocenters. The summed E-state index contributed by atoms with van der Waals surface area (Å²) in [5.74, 6) is 2.42. The van der Waals surface area contributed by atoms with Gasteiger partial charge in [-0.05, 0) is 30.7 Å². The number of hydrogen-bond acceptors (Lipinski definition) is 5. The molecule has 0 saturated heterocycles. The first-order chi connectivity index (χ1) is 8.72. The minimum atomic E-state index is 0.108. The maximum absolute atomic E-state index is 6.32. The van der Waals surface area contributed by atoms with Crippen LogP contribution in [0.2, 0.25) is 0 Å². The molecule has 0 radical (unpaired) electrons. The van der Waals surface area contributed by atoms with Crippen molar-refractivity contribution in [1.82, 2.24) is 4.98 Å². The first-order valence-corrected chi connectivity index (χ1v) is 8.93. The zero-order chi connectivity index (χ0) is 12.5. The number of hydrogen-bond donors (Lipinski definition) is 1. The molecular weight excluding hydrogens is 280 g/mol. The SMILES string of the molecule is Cc1csc(CC(N)c2cc3c(s2)CCSC3)n1. The zero-order valence-corrected chi connectivity index (χ0v) is 12.8. The summed E-state index contributed by atoms with van der Waals surface area (Å²) in [6, 6.07) is 2.42. The number of aromatic nitrogens is 1. The molecule has 2 N–H and O–H groups in total. The largest absolute Gasteiger partial charge is 0.323 e. The van der Waals surface area contributed by atoms with E-state index in [0.717, 1.165) is 22.9 Å². The first kappa shape index (κ1) is 12.7. The van der Waals surface area contributed by atoms with E-state index in [9.17, 15) is 0 Å². The number of thioether (sulfide) groups is 1. The van der Waals surface area contributed by atoms with Crippen LogP contribution in [0.3, 0.4) is 0 Å². The summed E-state index contributed by atoms with van der Waals surface area (Å²) in [5, 5.41) is 3.25. The third-order valence-corrected chi connectivity index (χ3v) is 6.44. The Bertz CT molecular complexity index is 521. The molecule has 0 aliphatic carbocycles. The second-order valence-electron chi connectivity index (χ2n) is 4.59. The molecule has 0 amide bonds. The molecule has 0 saturated carbocycles. The highest BCUT2D eigenvalue weighted by Gasteiger charge is 2.18. The second-order valence-corrected chi connectivity index (χ2v) is 7.81. The summed E-state index contributed by atoms with van der Waals surface area (Å²) in [5.41, 5.74) is 8.93. The van der Waals surface area contributed by atoms with Crippen molar-refractivity contribution in [2.24, 2.45) is 5.73 Å². The minimum Gasteiger partial charge on any atom is -0.323 e. The number of nitrogens with two attached hydrogens (primary N) is 1. The fourth-order valence-corrected chi connectivity index (χ4v) is 5.35. The van der Waals surface area contributed by atoms with Crippen molar-refractivity contribution in [2.45, 2.75) is 31.6 Å². The molecule has 0 aromatic carbocycles. The number of rotatable bonds is 3. The van der Waals surface area contributed by atoms with Gasteiger partial charge in [0.15, 0.2) is 0 Å². The predicted octanol–water partition coefficient (Wildman–Crippen LogP) is 3.54. The van der Waals surface area contributed by atoms with Gasteiger partial charge in [-0.3, -0.25) is 0 Å². The molecule has 2 aromatic heterocycles. The Morgan fingerprint density at radius 3 is 3.11 bits per heavy atom. The van der Waals surface area contributed by atoms with Crippen molar-refractivity contribution >= 4 is 34.4 Å². The van der Waals surface area contributed by atoms with E-state index in [1.807, 2.05) is 30.0 Å². The van der Waals surface area contributed by atoms with E-state index in [1.165, 1.54) is 22.6 Å². The van der Waals surface area contributed by atoms with Crippen LogP contribution in [0.4, 0.5) is 0 Å². The molecule has 2 aromatic rings. The molecule has 0 spiro atoms. The lowest BCUT2D eigenvalue weighted by molar-refractivity contribution is 0.730. The molecular formula is C13H16N2S3. The second kappa shape index (κ2) is 5.33. The molecule has 18 heavy (non-hydrogen) atoms. The topological polar surface area (TPSA) is 38.9 Å². The number of fused-ring (bicyclic) bond motifs is 1. The van der Waals surface area contributed by atoms with Gasteiger partial charge in [0, 0.05) is 39.0 Å². The van der Waals surface area contributed by atoms with Crippen LogP contribution in [0.5, 0.6) is 0 Å². The first-order valence-electron chi connectivity index (χ1n) is 6.08. The highest BCUT2D eigenvalue weighted by Crippen LogP contribution is 2.34. The van der Waals surface area contributed by atoms with E-state index in [-0.39, 0.29) is 6.04 Å². The maximum Gasteiger partial charge on any atom is 0.0947 e. The molecule has 3 rings (SSSR count). The van der Waals surface area contributed by atoms with E-state index < -0.39 is 0 Å². The van der Waals surface area contributed by atoms with Crippen LogP contribution in [0.1, 0.15) is 32.1 Å². The Labute approximate surface area is 120 Å². The molecule has 0 fully saturated rings. The average molecular weight is 296 g/mol. The Morgan fingerprint density at radius 2 is 2.39 bits per heavy atom. The van der Waals surface area contributed by atoms with Crippen LogP contribution in [-0.2, 0) is 18.6 Å². The van der Waals surface area contributed by atoms with Gasteiger partial charge in [0.25, 0.3) is 0 Å². The molecule has 96 valence electrons. The van der Waals surface area contributed by atoms with Crippen molar-refractivity contribution < 1.29 is 0 Å². The quantitative estimate of drug-likeness (QED) is 0.941. The lowest BCUT2D eigenvalue weighted by Crippen LogP contribution is -2.11. The molecule has 1 aliphatic heterocycles. The fraction of sp³-hybridized carbons (Fsp3) is 0.462. The third-order valence-electron chi connectivity index (χ3n) is 3.07. The zero-order valence-electron chi connectivity index (χ0n) is 10.3.